The molecule has 0 radical (unpaired) electrons. The van der Waals surface area contributed by atoms with Crippen molar-refractivity contribution in [2.24, 2.45) is 0 Å². The Morgan fingerprint density at radius 2 is 1.77 bits per heavy atom. The van der Waals surface area contributed by atoms with Crippen molar-refractivity contribution in [2.45, 2.75) is 43.0 Å². The molecule has 7 heteroatoms. The van der Waals surface area contributed by atoms with Gasteiger partial charge in [-0.15, -0.1) is 11.8 Å². The van der Waals surface area contributed by atoms with Crippen LogP contribution in [0.1, 0.15) is 26.3 Å². The average molecular weight is 393 g/mol. The van der Waals surface area contributed by atoms with Crippen LogP contribution in [0, 0.1) is 6.92 Å². The first-order chi connectivity index (χ1) is 12.1. The van der Waals surface area contributed by atoms with Crippen LogP contribution in [0.15, 0.2) is 58.3 Å². The van der Waals surface area contributed by atoms with Gasteiger partial charge in [0.05, 0.1) is 10.6 Å². The number of hydrogen-bond donors (Lipinski definition) is 2. The van der Waals surface area contributed by atoms with Crippen LogP contribution in [0.2, 0.25) is 0 Å². The van der Waals surface area contributed by atoms with Crippen LogP contribution in [-0.2, 0) is 14.8 Å². The van der Waals surface area contributed by atoms with Crippen molar-refractivity contribution in [1.29, 1.82) is 0 Å². The molecule has 26 heavy (non-hydrogen) atoms. The largest absolute Gasteiger partial charge is 0.325 e. The predicted molar refractivity (Wildman–Crippen MR) is 107 cm³/mol. The fraction of sp³-hybridized carbons (Fsp3) is 0.316. The number of rotatable bonds is 6. The van der Waals surface area contributed by atoms with Gasteiger partial charge in [-0.1, -0.05) is 24.3 Å². The van der Waals surface area contributed by atoms with E-state index in [1.54, 1.807) is 32.9 Å². The van der Waals surface area contributed by atoms with Crippen LogP contribution < -0.4 is 10.0 Å². The molecule has 0 saturated carbocycles. The van der Waals surface area contributed by atoms with Gasteiger partial charge < -0.3 is 5.32 Å². The third-order valence-corrected chi connectivity index (χ3v) is 6.25. The van der Waals surface area contributed by atoms with Crippen LogP contribution in [0.4, 0.5) is 5.69 Å². The molecule has 2 N–H and O–H groups in total. The van der Waals surface area contributed by atoms with Crippen molar-refractivity contribution >= 4 is 33.4 Å². The molecule has 0 bridgehead atoms. The number of sulfonamides is 1. The Kier molecular flexibility index (Phi) is 6.49. The summed E-state index contributed by atoms with van der Waals surface area (Å²) in [4.78, 5) is 13.4. The lowest BCUT2D eigenvalue weighted by Gasteiger charge is -2.20. The molecule has 0 aromatic heterocycles. The molecule has 0 unspecified atom stereocenters. The summed E-state index contributed by atoms with van der Waals surface area (Å²) in [7, 11) is -3.64. The Bertz CT molecular complexity index is 888. The van der Waals surface area contributed by atoms with E-state index in [-0.39, 0.29) is 16.6 Å². The second-order valence-corrected chi connectivity index (χ2v) is 9.69. The molecular formula is C19H24N2O3S2. The fourth-order valence-corrected chi connectivity index (χ4v) is 4.55. The monoisotopic (exact) mass is 392 g/mol. The van der Waals surface area contributed by atoms with Gasteiger partial charge in [0.1, 0.15) is 0 Å². The summed E-state index contributed by atoms with van der Waals surface area (Å²) in [6, 6.07) is 14.1. The fourth-order valence-electron chi connectivity index (χ4n) is 2.26. The van der Waals surface area contributed by atoms with Crippen LogP contribution in [0.3, 0.4) is 0 Å². The second kappa shape index (κ2) is 8.24. The van der Waals surface area contributed by atoms with Gasteiger partial charge in [0.25, 0.3) is 0 Å². The Labute approximate surface area is 159 Å². The van der Waals surface area contributed by atoms with Crippen molar-refractivity contribution in [3.63, 3.8) is 0 Å². The highest BCUT2D eigenvalue weighted by atomic mass is 32.2. The lowest BCUT2D eigenvalue weighted by Crippen LogP contribution is -2.40. The van der Waals surface area contributed by atoms with Gasteiger partial charge in [-0.05, 0) is 57.5 Å². The molecule has 0 spiro atoms. The zero-order chi connectivity index (χ0) is 19.4. The lowest BCUT2D eigenvalue weighted by atomic mass is 10.1. The minimum atomic E-state index is -3.64. The predicted octanol–water partition coefficient (Wildman–Crippen LogP) is 3.80. The number of hydrogen-bond acceptors (Lipinski definition) is 4. The van der Waals surface area contributed by atoms with E-state index in [0.717, 1.165) is 10.5 Å². The molecule has 0 atom stereocenters. The van der Waals surface area contributed by atoms with Crippen LogP contribution in [-0.4, -0.2) is 25.6 Å². The van der Waals surface area contributed by atoms with E-state index in [1.807, 2.05) is 31.2 Å². The molecule has 140 valence electrons. The number of nitrogens with one attached hydrogen (secondary N) is 2. The molecule has 2 rings (SSSR count). The third kappa shape index (κ3) is 6.16. The van der Waals surface area contributed by atoms with Crippen molar-refractivity contribution in [3.8, 4) is 0 Å². The molecule has 0 aliphatic rings. The van der Waals surface area contributed by atoms with Gasteiger partial charge in [-0.3, -0.25) is 4.79 Å². The number of carbonyl (C=O) groups excluding carboxylic acids is 1. The second-order valence-electron chi connectivity index (χ2n) is 6.99. The summed E-state index contributed by atoms with van der Waals surface area (Å²) in [5, 5.41) is 2.75. The summed E-state index contributed by atoms with van der Waals surface area (Å²) in [5.41, 5.74) is 0.992. The standard InChI is InChI=1S/C19H24N2O3S2/c1-14-8-5-6-11-17(14)25-13-18(22)20-15-9-7-10-16(12-15)26(23,24)21-19(2,3)4/h5-12,21H,13H2,1-4H3,(H,20,22). The minimum absolute atomic E-state index is 0.122. The molecule has 0 heterocycles. The molecule has 5 nitrogen and oxygen atoms in total. The van der Waals surface area contributed by atoms with Gasteiger partial charge >= 0.3 is 0 Å². The van der Waals surface area contributed by atoms with Gasteiger partial charge in [-0.2, -0.15) is 0 Å². The zero-order valence-electron chi connectivity index (χ0n) is 15.4. The maximum atomic E-state index is 12.4. The number of anilines is 1. The molecule has 0 fully saturated rings. The Morgan fingerprint density at radius 1 is 1.08 bits per heavy atom. The molecule has 0 aliphatic carbocycles. The van der Waals surface area contributed by atoms with E-state index in [0.29, 0.717) is 5.69 Å². The highest BCUT2D eigenvalue weighted by Gasteiger charge is 2.22. The smallest absolute Gasteiger partial charge is 0.241 e. The topological polar surface area (TPSA) is 75.3 Å². The molecular weight excluding hydrogens is 368 g/mol. The average Bonchev–Trinajstić information content (AvgIpc) is 2.52. The van der Waals surface area contributed by atoms with Gasteiger partial charge in [0, 0.05) is 16.1 Å². The van der Waals surface area contributed by atoms with Crippen molar-refractivity contribution in [1.82, 2.24) is 4.72 Å². The molecule has 2 aromatic rings. The van der Waals surface area contributed by atoms with E-state index in [1.165, 1.54) is 23.9 Å². The maximum Gasteiger partial charge on any atom is 0.241 e. The normalized spacial score (nSPS) is 12.0. The van der Waals surface area contributed by atoms with Crippen LogP contribution in [0.5, 0.6) is 0 Å². The maximum absolute atomic E-state index is 12.4. The summed E-state index contributed by atoms with van der Waals surface area (Å²) >= 11 is 1.45. The van der Waals surface area contributed by atoms with Gasteiger partial charge in [0.2, 0.25) is 15.9 Å². The number of benzene rings is 2. The van der Waals surface area contributed by atoms with E-state index < -0.39 is 15.6 Å². The van der Waals surface area contributed by atoms with E-state index in [2.05, 4.69) is 10.0 Å². The van der Waals surface area contributed by atoms with Gasteiger partial charge in [0.15, 0.2) is 0 Å². The number of aryl methyl sites for hydroxylation is 1. The highest BCUT2D eigenvalue weighted by molar-refractivity contribution is 8.00. The third-order valence-electron chi connectivity index (χ3n) is 3.32. The number of amides is 1. The summed E-state index contributed by atoms with van der Waals surface area (Å²) in [6.45, 7) is 7.33. The highest BCUT2D eigenvalue weighted by Crippen LogP contribution is 2.22. The summed E-state index contributed by atoms with van der Waals surface area (Å²) < 4.78 is 27.4. The van der Waals surface area contributed by atoms with Crippen LogP contribution in [0.25, 0.3) is 0 Å². The SMILES string of the molecule is Cc1ccccc1SCC(=O)Nc1cccc(S(=O)(=O)NC(C)(C)C)c1. The number of carbonyl (C=O) groups is 1. The van der Waals surface area contributed by atoms with E-state index in [4.69, 9.17) is 0 Å². The Hall–Kier alpha value is -1.83. The van der Waals surface area contributed by atoms with Gasteiger partial charge in [-0.25, -0.2) is 13.1 Å². The lowest BCUT2D eigenvalue weighted by molar-refractivity contribution is -0.113. The van der Waals surface area contributed by atoms with E-state index in [9.17, 15) is 13.2 Å². The zero-order valence-corrected chi connectivity index (χ0v) is 17.0. The number of thioether (sulfide) groups is 1. The summed E-state index contributed by atoms with van der Waals surface area (Å²) in [5.74, 6) is 0.0683. The Morgan fingerprint density at radius 3 is 2.42 bits per heavy atom. The molecule has 2 aromatic carbocycles. The molecule has 1 amide bonds. The van der Waals surface area contributed by atoms with E-state index >= 15 is 0 Å². The first kappa shape index (κ1) is 20.5. The van der Waals surface area contributed by atoms with Crippen LogP contribution >= 0.6 is 11.8 Å². The van der Waals surface area contributed by atoms with Crippen molar-refractivity contribution in [3.05, 3.63) is 54.1 Å². The first-order valence-corrected chi connectivity index (χ1v) is 10.7. The molecule has 0 saturated heterocycles. The van der Waals surface area contributed by atoms with Crippen molar-refractivity contribution in [2.75, 3.05) is 11.1 Å². The minimum Gasteiger partial charge on any atom is -0.325 e. The first-order valence-electron chi connectivity index (χ1n) is 8.19. The quantitative estimate of drug-likeness (QED) is 0.733. The Balaban J connectivity index is 2.04. The molecule has 0 aliphatic heterocycles. The van der Waals surface area contributed by atoms with Crippen molar-refractivity contribution < 1.29 is 13.2 Å². The summed E-state index contributed by atoms with van der Waals surface area (Å²) in [6.07, 6.45) is 0.